The van der Waals surface area contributed by atoms with Gasteiger partial charge in [-0.1, -0.05) is 36.8 Å². The summed E-state index contributed by atoms with van der Waals surface area (Å²) in [5, 5.41) is 2.90. The lowest BCUT2D eigenvalue weighted by atomic mass is 9.78. The first-order valence-electron chi connectivity index (χ1n) is 13.3. The summed E-state index contributed by atoms with van der Waals surface area (Å²) in [6.07, 6.45) is 8.32. The predicted octanol–water partition coefficient (Wildman–Crippen LogP) is 2.49. The minimum atomic E-state index is -0.496. The van der Waals surface area contributed by atoms with E-state index in [0.717, 1.165) is 25.7 Å². The Kier molecular flexibility index (Phi) is 10.4. The highest BCUT2D eigenvalue weighted by Crippen LogP contribution is 2.54. The molecule has 190 valence electrons. The summed E-state index contributed by atoms with van der Waals surface area (Å²) in [7, 11) is 0. The largest absolute Gasteiger partial charge is 0.355 e. The van der Waals surface area contributed by atoms with Crippen LogP contribution in [0.3, 0.4) is 0 Å². The van der Waals surface area contributed by atoms with E-state index in [1.165, 1.54) is 24.8 Å². The monoisotopic (exact) mass is 471 g/mol. The van der Waals surface area contributed by atoms with E-state index in [0.29, 0.717) is 50.2 Å². The van der Waals surface area contributed by atoms with Crippen molar-refractivity contribution in [2.24, 2.45) is 29.0 Å². The zero-order chi connectivity index (χ0) is 24.5. The number of rotatable bonds is 14. The van der Waals surface area contributed by atoms with Crippen LogP contribution in [-0.4, -0.2) is 54.5 Å². The van der Waals surface area contributed by atoms with Crippen molar-refractivity contribution in [2.75, 3.05) is 19.6 Å². The van der Waals surface area contributed by atoms with Crippen LogP contribution in [0.5, 0.6) is 0 Å². The van der Waals surface area contributed by atoms with Crippen LogP contribution >= 0.6 is 0 Å². The number of amides is 2. The molecule has 0 spiro atoms. The van der Waals surface area contributed by atoms with Crippen molar-refractivity contribution in [3.05, 3.63) is 35.9 Å². The van der Waals surface area contributed by atoms with Crippen LogP contribution in [0.25, 0.3) is 0 Å². The van der Waals surface area contributed by atoms with Crippen molar-refractivity contribution in [1.82, 2.24) is 10.2 Å². The first-order valence-corrected chi connectivity index (χ1v) is 13.3. The third-order valence-corrected chi connectivity index (χ3v) is 7.91. The van der Waals surface area contributed by atoms with Crippen LogP contribution in [0, 0.1) is 11.8 Å². The molecule has 2 aliphatic carbocycles. The summed E-state index contributed by atoms with van der Waals surface area (Å²) in [6, 6.07) is 9.98. The number of fused-ring (bicyclic) bond motifs is 2. The second-order valence-corrected chi connectivity index (χ2v) is 10.2. The number of nitrogens with two attached hydrogens (primary N) is 3. The fraction of sp³-hybridized carbons (Fsp3) is 0.704. The molecule has 7 nitrogen and oxygen atoms in total. The molecule has 3 unspecified atom stereocenters. The molecular formula is C27H45N5O2. The Hall–Kier alpha value is -1.96. The summed E-state index contributed by atoms with van der Waals surface area (Å²) in [5.74, 6) is 1.63. The van der Waals surface area contributed by atoms with Gasteiger partial charge in [0.25, 0.3) is 0 Å². The Morgan fingerprint density at radius 1 is 1.00 bits per heavy atom. The lowest BCUT2D eigenvalue weighted by Crippen LogP contribution is -2.52. The van der Waals surface area contributed by atoms with Gasteiger partial charge in [-0.2, -0.15) is 0 Å². The molecule has 2 amide bonds. The maximum atomic E-state index is 13.4. The molecular weight excluding hydrogens is 426 g/mol. The Labute approximate surface area is 205 Å². The molecule has 2 bridgehead atoms. The number of carbonyl (C=O) groups excluding carboxylic acids is 2. The molecule has 2 aliphatic rings. The van der Waals surface area contributed by atoms with Crippen LogP contribution in [-0.2, 0) is 9.59 Å². The zero-order valence-corrected chi connectivity index (χ0v) is 20.8. The van der Waals surface area contributed by atoms with E-state index in [1.54, 1.807) is 0 Å². The van der Waals surface area contributed by atoms with Gasteiger partial charge in [0.1, 0.15) is 0 Å². The summed E-state index contributed by atoms with van der Waals surface area (Å²) in [6.45, 7) is 3.95. The van der Waals surface area contributed by atoms with Gasteiger partial charge in [0, 0.05) is 25.0 Å². The Bertz CT molecular complexity index is 774. The number of nitrogens with one attached hydrogen (secondary N) is 1. The van der Waals surface area contributed by atoms with Gasteiger partial charge in [-0.05, 0) is 82.2 Å². The molecule has 0 radical (unpaired) electrons. The van der Waals surface area contributed by atoms with Gasteiger partial charge in [-0.3, -0.25) is 9.59 Å². The Balaban J connectivity index is 1.46. The van der Waals surface area contributed by atoms with Gasteiger partial charge in [-0.25, -0.2) is 0 Å². The van der Waals surface area contributed by atoms with Crippen molar-refractivity contribution in [3.8, 4) is 0 Å². The number of nitrogens with zero attached hydrogens (tertiary/aromatic N) is 1. The van der Waals surface area contributed by atoms with E-state index >= 15 is 0 Å². The van der Waals surface area contributed by atoms with Gasteiger partial charge in [-0.15, -0.1) is 0 Å². The van der Waals surface area contributed by atoms with E-state index in [9.17, 15) is 9.59 Å². The number of hydrogen-bond acceptors (Lipinski definition) is 5. The molecule has 34 heavy (non-hydrogen) atoms. The van der Waals surface area contributed by atoms with Gasteiger partial charge in [0.15, 0.2) is 0 Å². The minimum Gasteiger partial charge on any atom is -0.355 e. The first-order chi connectivity index (χ1) is 16.5. The molecule has 2 saturated carbocycles. The molecule has 6 atom stereocenters. The van der Waals surface area contributed by atoms with Crippen molar-refractivity contribution >= 4 is 11.8 Å². The lowest BCUT2D eigenvalue weighted by molar-refractivity contribution is -0.136. The fourth-order valence-corrected chi connectivity index (χ4v) is 6.18. The predicted molar refractivity (Wildman–Crippen MR) is 137 cm³/mol. The topological polar surface area (TPSA) is 127 Å². The van der Waals surface area contributed by atoms with Crippen LogP contribution in [0.15, 0.2) is 30.3 Å². The Morgan fingerprint density at radius 3 is 2.38 bits per heavy atom. The lowest BCUT2D eigenvalue weighted by Gasteiger charge is -2.40. The number of carbonyl (C=O) groups is 2. The zero-order valence-electron chi connectivity index (χ0n) is 20.8. The smallest absolute Gasteiger partial charge is 0.239 e. The van der Waals surface area contributed by atoms with E-state index in [1.807, 2.05) is 0 Å². The summed E-state index contributed by atoms with van der Waals surface area (Å²) in [5.41, 5.74) is 19.2. The molecule has 1 aromatic rings. The molecule has 1 aromatic carbocycles. The summed E-state index contributed by atoms with van der Waals surface area (Å²) >= 11 is 0. The molecule has 0 heterocycles. The number of hydrogen-bond donors (Lipinski definition) is 4. The minimum absolute atomic E-state index is 0.0759. The van der Waals surface area contributed by atoms with Crippen LogP contribution in [0.2, 0.25) is 0 Å². The third kappa shape index (κ3) is 6.58. The fourth-order valence-electron chi connectivity index (χ4n) is 6.18. The van der Waals surface area contributed by atoms with Gasteiger partial charge in [0.05, 0.1) is 12.1 Å². The quantitative estimate of drug-likeness (QED) is 0.310. The van der Waals surface area contributed by atoms with Crippen molar-refractivity contribution in [2.45, 2.75) is 88.8 Å². The first kappa shape index (κ1) is 26.6. The molecule has 0 aliphatic heterocycles. The second kappa shape index (κ2) is 13.2. The number of unbranched alkanes of at least 4 members (excludes halogenated alkanes) is 2. The molecule has 3 rings (SSSR count). The maximum Gasteiger partial charge on any atom is 0.239 e. The summed E-state index contributed by atoms with van der Waals surface area (Å²) in [4.78, 5) is 27.6. The second-order valence-electron chi connectivity index (χ2n) is 10.2. The van der Waals surface area contributed by atoms with Gasteiger partial charge < -0.3 is 27.4 Å². The number of benzene rings is 1. The summed E-state index contributed by atoms with van der Waals surface area (Å²) < 4.78 is 0. The molecule has 0 aromatic heterocycles. The van der Waals surface area contributed by atoms with Crippen LogP contribution in [0.1, 0.15) is 76.2 Å². The highest BCUT2D eigenvalue weighted by molar-refractivity contribution is 5.82. The number of likely N-dealkylation sites (N-methyl/N-ethyl adjacent to an activating group) is 1. The van der Waals surface area contributed by atoms with Gasteiger partial charge in [0.2, 0.25) is 11.8 Å². The Morgan fingerprint density at radius 2 is 1.68 bits per heavy atom. The van der Waals surface area contributed by atoms with E-state index in [4.69, 9.17) is 17.2 Å². The average Bonchev–Trinajstić information content (AvgIpc) is 3.47. The third-order valence-electron chi connectivity index (χ3n) is 7.91. The van der Waals surface area contributed by atoms with E-state index in [-0.39, 0.29) is 17.9 Å². The standard InChI is InChI=1S/C27H45N5O2/c1-2-32(25-21-15-14-20(18-21)24(25)19-10-4-3-5-11-19)27(34)23(30)13-7-9-17-31-26(33)22(29)12-6-8-16-28/h3-5,10-11,20-25H,2,6-9,12-18,28-30H2,1H3,(H,31,33)/t20?,21?,22-,23-,24?,25+/m0/s1. The molecule has 2 fully saturated rings. The highest BCUT2D eigenvalue weighted by Gasteiger charge is 2.51. The molecule has 7 N–H and O–H groups in total. The molecule has 7 heteroatoms. The molecule has 0 saturated heterocycles. The van der Waals surface area contributed by atoms with Crippen molar-refractivity contribution < 1.29 is 9.59 Å². The SMILES string of the molecule is CCN(C(=O)[C@@H](N)CCCCNC(=O)[C@@H](N)CCCCN)[C@@H]1C2CCC(C2)C1c1ccccc1. The van der Waals surface area contributed by atoms with E-state index in [2.05, 4.69) is 47.5 Å². The average molecular weight is 472 g/mol. The van der Waals surface area contributed by atoms with Crippen LogP contribution in [0.4, 0.5) is 0 Å². The van der Waals surface area contributed by atoms with Crippen molar-refractivity contribution in [3.63, 3.8) is 0 Å². The van der Waals surface area contributed by atoms with Crippen LogP contribution < -0.4 is 22.5 Å². The highest BCUT2D eigenvalue weighted by atomic mass is 16.2. The van der Waals surface area contributed by atoms with E-state index < -0.39 is 12.1 Å². The van der Waals surface area contributed by atoms with Crippen molar-refractivity contribution in [1.29, 1.82) is 0 Å². The normalized spacial score (nSPS) is 25.2. The van der Waals surface area contributed by atoms with Gasteiger partial charge >= 0.3 is 0 Å². The maximum absolute atomic E-state index is 13.4.